The molecular weight excluding hydrogens is 297 g/mol. The summed E-state index contributed by atoms with van der Waals surface area (Å²) in [6.07, 6.45) is -4.52. The summed E-state index contributed by atoms with van der Waals surface area (Å²) in [5.74, 6) is 0. The average molecular weight is 303 g/mol. The molecule has 17 heavy (non-hydrogen) atoms. The summed E-state index contributed by atoms with van der Waals surface area (Å²) < 4.78 is 37.2. The van der Waals surface area contributed by atoms with Gasteiger partial charge in [-0.15, -0.1) is 11.6 Å². The van der Waals surface area contributed by atoms with E-state index in [9.17, 15) is 13.2 Å². The molecule has 0 saturated carbocycles. The third-order valence-electron chi connectivity index (χ3n) is 1.99. The molecule has 7 heteroatoms. The third kappa shape index (κ3) is 3.67. The molecule has 0 bridgehead atoms. The Labute approximate surface area is 111 Å². The molecule has 1 aromatic carbocycles. The van der Waals surface area contributed by atoms with Crippen molar-refractivity contribution in [1.82, 2.24) is 0 Å². The second-order valence-corrected chi connectivity index (χ2v) is 4.56. The minimum absolute atomic E-state index is 0.00609. The molecule has 0 aliphatic carbocycles. The van der Waals surface area contributed by atoms with E-state index in [0.717, 1.165) is 12.1 Å². The van der Waals surface area contributed by atoms with Gasteiger partial charge in [-0.25, -0.2) is 0 Å². The van der Waals surface area contributed by atoms with Crippen LogP contribution in [-0.2, 0) is 12.6 Å². The fourth-order valence-corrected chi connectivity index (χ4v) is 1.98. The van der Waals surface area contributed by atoms with Crippen LogP contribution in [0.3, 0.4) is 0 Å². The maximum Gasteiger partial charge on any atom is 0.416 e. The summed E-state index contributed by atoms with van der Waals surface area (Å²) in [7, 11) is 0. The Morgan fingerprint density at radius 1 is 1.24 bits per heavy atom. The zero-order valence-electron chi connectivity index (χ0n) is 8.15. The Morgan fingerprint density at radius 2 is 1.71 bits per heavy atom. The summed E-state index contributed by atoms with van der Waals surface area (Å²) in [4.78, 5) is 0. The molecule has 0 heterocycles. The van der Waals surface area contributed by atoms with Crippen molar-refractivity contribution < 1.29 is 13.2 Å². The van der Waals surface area contributed by atoms with Crippen molar-refractivity contribution in [3.05, 3.63) is 33.3 Å². The molecule has 1 aromatic rings. The maximum absolute atomic E-state index is 12.4. The predicted octanol–water partition coefficient (Wildman–Crippen LogP) is 4.69. The van der Waals surface area contributed by atoms with Gasteiger partial charge in [0.1, 0.15) is 5.38 Å². The zero-order chi connectivity index (χ0) is 13.2. The number of hydrogen-bond acceptors (Lipinski definition) is 1. The van der Waals surface area contributed by atoms with E-state index in [2.05, 4.69) is 0 Å². The van der Waals surface area contributed by atoms with Gasteiger partial charge in [0.2, 0.25) is 0 Å². The van der Waals surface area contributed by atoms with E-state index in [-0.39, 0.29) is 22.0 Å². The summed E-state index contributed by atoms with van der Waals surface area (Å²) in [6, 6.07) is 3.27. The third-order valence-corrected chi connectivity index (χ3v) is 2.92. The van der Waals surface area contributed by atoms with E-state index < -0.39 is 17.1 Å². The number of alkyl halides is 4. The highest BCUT2D eigenvalue weighted by molar-refractivity contribution is 6.36. The number of halogens is 6. The molecule has 0 spiro atoms. The Balaban J connectivity index is 3.17. The molecule has 0 aromatic heterocycles. The van der Waals surface area contributed by atoms with Gasteiger partial charge >= 0.3 is 6.18 Å². The topological polar surface area (TPSA) is 23.8 Å². The van der Waals surface area contributed by atoms with E-state index in [0.29, 0.717) is 0 Å². The first kappa shape index (κ1) is 14.4. The first-order chi connectivity index (χ1) is 7.75. The molecule has 1 rings (SSSR count). The Morgan fingerprint density at radius 3 is 2.06 bits per heavy atom. The van der Waals surface area contributed by atoms with Crippen LogP contribution in [-0.4, -0.2) is 5.38 Å². The minimum atomic E-state index is -4.51. The van der Waals surface area contributed by atoms with Crippen LogP contribution in [0.25, 0.3) is 0 Å². The number of nitrogens with zero attached hydrogens (tertiary/aromatic N) is 1. The van der Waals surface area contributed by atoms with Gasteiger partial charge in [-0.05, 0) is 17.7 Å². The van der Waals surface area contributed by atoms with E-state index in [4.69, 9.17) is 40.1 Å². The molecule has 0 amide bonds. The second-order valence-electron chi connectivity index (χ2n) is 3.22. The molecule has 0 saturated heterocycles. The molecule has 92 valence electrons. The van der Waals surface area contributed by atoms with Crippen molar-refractivity contribution in [3.8, 4) is 6.07 Å². The highest BCUT2D eigenvalue weighted by Crippen LogP contribution is 2.36. The molecule has 0 fully saturated rings. The van der Waals surface area contributed by atoms with E-state index in [1.165, 1.54) is 0 Å². The van der Waals surface area contributed by atoms with Gasteiger partial charge in [0.05, 0.1) is 11.6 Å². The lowest BCUT2D eigenvalue weighted by molar-refractivity contribution is -0.137. The van der Waals surface area contributed by atoms with Crippen LogP contribution >= 0.6 is 34.8 Å². The smallest absolute Gasteiger partial charge is 0.197 e. The lowest BCUT2D eigenvalue weighted by atomic mass is 10.1. The molecule has 0 radical (unpaired) electrons. The zero-order valence-corrected chi connectivity index (χ0v) is 10.4. The van der Waals surface area contributed by atoms with Gasteiger partial charge < -0.3 is 0 Å². The van der Waals surface area contributed by atoms with Crippen LogP contribution in [0.4, 0.5) is 13.2 Å². The lowest BCUT2D eigenvalue weighted by Gasteiger charge is -2.12. The fourth-order valence-electron chi connectivity index (χ4n) is 1.19. The van der Waals surface area contributed by atoms with E-state index in [1.807, 2.05) is 0 Å². The van der Waals surface area contributed by atoms with E-state index >= 15 is 0 Å². The highest BCUT2D eigenvalue weighted by Gasteiger charge is 2.32. The first-order valence-corrected chi connectivity index (χ1v) is 5.53. The summed E-state index contributed by atoms with van der Waals surface area (Å²) in [5.41, 5.74) is -0.692. The van der Waals surface area contributed by atoms with Gasteiger partial charge in [0.25, 0.3) is 0 Å². The second kappa shape index (κ2) is 5.34. The van der Waals surface area contributed by atoms with Gasteiger partial charge in [-0.3, -0.25) is 0 Å². The first-order valence-electron chi connectivity index (χ1n) is 4.34. The fraction of sp³-hybridized carbons (Fsp3) is 0.300. The molecule has 1 atom stereocenters. The Bertz CT molecular complexity index is 442. The monoisotopic (exact) mass is 301 g/mol. The normalized spacial score (nSPS) is 13.2. The van der Waals surface area contributed by atoms with Crippen LogP contribution in [0.1, 0.15) is 11.1 Å². The average Bonchev–Trinajstić information content (AvgIpc) is 2.21. The van der Waals surface area contributed by atoms with Crippen LogP contribution < -0.4 is 0 Å². The van der Waals surface area contributed by atoms with Crippen molar-refractivity contribution in [2.24, 2.45) is 0 Å². The van der Waals surface area contributed by atoms with Crippen LogP contribution in [0, 0.1) is 11.3 Å². The molecule has 0 aliphatic heterocycles. The lowest BCUT2D eigenvalue weighted by Crippen LogP contribution is -2.07. The molecule has 0 aliphatic rings. The Hall–Kier alpha value is -0.630. The van der Waals surface area contributed by atoms with Crippen molar-refractivity contribution >= 4 is 34.8 Å². The molecule has 1 unspecified atom stereocenters. The predicted molar refractivity (Wildman–Crippen MR) is 60.4 cm³/mol. The summed E-state index contributed by atoms with van der Waals surface area (Å²) in [5, 5.41) is 7.33. The van der Waals surface area contributed by atoms with E-state index in [1.54, 1.807) is 6.07 Å². The van der Waals surface area contributed by atoms with Gasteiger partial charge in [-0.1, -0.05) is 23.2 Å². The van der Waals surface area contributed by atoms with Crippen molar-refractivity contribution in [1.29, 1.82) is 5.26 Å². The maximum atomic E-state index is 12.4. The van der Waals surface area contributed by atoms with Gasteiger partial charge in [-0.2, -0.15) is 18.4 Å². The largest absolute Gasteiger partial charge is 0.416 e. The van der Waals surface area contributed by atoms with Crippen molar-refractivity contribution in [2.75, 3.05) is 0 Å². The number of rotatable bonds is 2. The molecule has 0 N–H and O–H groups in total. The van der Waals surface area contributed by atoms with Crippen LogP contribution in [0.2, 0.25) is 10.0 Å². The highest BCUT2D eigenvalue weighted by atomic mass is 35.5. The number of hydrogen-bond donors (Lipinski definition) is 0. The van der Waals surface area contributed by atoms with Gasteiger partial charge in [0, 0.05) is 16.5 Å². The minimum Gasteiger partial charge on any atom is -0.197 e. The Kier molecular flexibility index (Phi) is 4.54. The summed E-state index contributed by atoms with van der Waals surface area (Å²) >= 11 is 17.0. The summed E-state index contributed by atoms with van der Waals surface area (Å²) in [6.45, 7) is 0. The SMILES string of the molecule is N#CC(Cl)Cc1c(Cl)cc(C(F)(F)F)cc1Cl. The molecular formula is C10H5Cl3F3N. The van der Waals surface area contributed by atoms with Gasteiger partial charge in [0.15, 0.2) is 0 Å². The van der Waals surface area contributed by atoms with Crippen molar-refractivity contribution in [3.63, 3.8) is 0 Å². The quantitative estimate of drug-likeness (QED) is 0.727. The van der Waals surface area contributed by atoms with Crippen LogP contribution in [0.15, 0.2) is 12.1 Å². The number of benzene rings is 1. The number of nitriles is 1. The van der Waals surface area contributed by atoms with Crippen LogP contribution in [0.5, 0.6) is 0 Å². The molecule has 1 nitrogen and oxygen atoms in total. The van der Waals surface area contributed by atoms with Crippen molar-refractivity contribution in [2.45, 2.75) is 18.0 Å². The standard InChI is InChI=1S/C10H5Cl3F3N/c11-6(4-17)3-7-8(12)1-5(2-9(7)13)10(14,15)16/h1-2,6H,3H2.